The number of rotatable bonds is 4. The molecule has 0 amide bonds. The van der Waals surface area contributed by atoms with Crippen molar-refractivity contribution in [1.29, 1.82) is 0 Å². The average Bonchev–Trinajstić information content (AvgIpc) is 2.26. The molecular weight excluding hydrogens is 301 g/mol. The molecule has 0 aliphatic carbocycles. The molecule has 1 heterocycles. The second kappa shape index (κ2) is 5.25. The van der Waals surface area contributed by atoms with E-state index in [-0.39, 0.29) is 18.5 Å². The minimum Gasteiger partial charge on any atom is -0.396 e. The summed E-state index contributed by atoms with van der Waals surface area (Å²) < 4.78 is 20.1. The van der Waals surface area contributed by atoms with Gasteiger partial charge in [-0.05, 0) is 32.3 Å². The van der Waals surface area contributed by atoms with Crippen molar-refractivity contribution in [2.24, 2.45) is 5.41 Å². The Hall–Kier alpha value is -0.490. The highest BCUT2D eigenvalue weighted by molar-refractivity contribution is 9.10. The fraction of sp³-hybridized carbons (Fsp3) is 0.538. The predicted octanol–water partition coefficient (Wildman–Crippen LogP) is 2.20. The number of aliphatic hydroxyl groups excluding tert-OH is 1. The summed E-state index contributed by atoms with van der Waals surface area (Å²) in [7, 11) is 3.78. The molecule has 0 bridgehead atoms. The maximum absolute atomic E-state index is 14.0. The van der Waals surface area contributed by atoms with Crippen molar-refractivity contribution in [3.63, 3.8) is 0 Å². The summed E-state index contributed by atoms with van der Waals surface area (Å²) in [6, 6.07) is 4.69. The highest BCUT2D eigenvalue weighted by Gasteiger charge is 2.48. The molecule has 1 aliphatic rings. The SMILES string of the molecule is CN(C)C(c1cc(Br)ccc1F)C1(CO)COC1. The lowest BCUT2D eigenvalue weighted by Crippen LogP contribution is -2.54. The van der Waals surface area contributed by atoms with Crippen molar-refractivity contribution >= 4 is 15.9 Å². The molecule has 0 aromatic heterocycles. The van der Waals surface area contributed by atoms with Gasteiger partial charge in [-0.25, -0.2) is 4.39 Å². The standard InChI is InChI=1S/C13H17BrFNO2/c1-16(2)12(13(6-17)7-18-8-13)10-5-9(14)3-4-11(10)15/h3-5,12,17H,6-8H2,1-2H3. The van der Waals surface area contributed by atoms with E-state index in [9.17, 15) is 9.50 Å². The largest absolute Gasteiger partial charge is 0.396 e. The van der Waals surface area contributed by atoms with Crippen molar-refractivity contribution in [2.75, 3.05) is 33.9 Å². The molecular formula is C13H17BrFNO2. The third kappa shape index (κ3) is 2.32. The van der Waals surface area contributed by atoms with E-state index in [1.54, 1.807) is 12.1 Å². The van der Waals surface area contributed by atoms with E-state index in [1.165, 1.54) is 6.07 Å². The molecule has 0 saturated carbocycles. The van der Waals surface area contributed by atoms with Crippen LogP contribution in [0.3, 0.4) is 0 Å². The summed E-state index contributed by atoms with van der Waals surface area (Å²) in [6.07, 6.45) is 0. The number of hydrogen-bond acceptors (Lipinski definition) is 3. The molecule has 3 nitrogen and oxygen atoms in total. The van der Waals surface area contributed by atoms with Gasteiger partial charge in [0.2, 0.25) is 0 Å². The van der Waals surface area contributed by atoms with Crippen LogP contribution in [0.25, 0.3) is 0 Å². The van der Waals surface area contributed by atoms with Crippen LogP contribution in [0.4, 0.5) is 4.39 Å². The Morgan fingerprint density at radius 3 is 2.61 bits per heavy atom. The van der Waals surface area contributed by atoms with Gasteiger partial charge in [-0.1, -0.05) is 15.9 Å². The molecule has 1 N–H and O–H groups in total. The van der Waals surface area contributed by atoms with Crippen molar-refractivity contribution in [2.45, 2.75) is 6.04 Å². The monoisotopic (exact) mass is 317 g/mol. The molecule has 1 saturated heterocycles. The Morgan fingerprint density at radius 1 is 1.50 bits per heavy atom. The van der Waals surface area contributed by atoms with Gasteiger partial charge < -0.3 is 14.7 Å². The molecule has 1 aromatic rings. The second-order valence-electron chi connectivity index (χ2n) is 5.05. The minimum absolute atomic E-state index is 0.0121. The van der Waals surface area contributed by atoms with Crippen molar-refractivity contribution in [3.05, 3.63) is 34.1 Å². The number of aliphatic hydroxyl groups is 1. The smallest absolute Gasteiger partial charge is 0.128 e. The minimum atomic E-state index is -0.412. The van der Waals surface area contributed by atoms with Gasteiger partial charge in [0.1, 0.15) is 5.82 Å². The highest BCUT2D eigenvalue weighted by atomic mass is 79.9. The molecule has 18 heavy (non-hydrogen) atoms. The number of nitrogens with zero attached hydrogens (tertiary/aromatic N) is 1. The molecule has 1 fully saturated rings. The van der Waals surface area contributed by atoms with Gasteiger partial charge in [0.25, 0.3) is 0 Å². The van der Waals surface area contributed by atoms with E-state index in [1.807, 2.05) is 19.0 Å². The van der Waals surface area contributed by atoms with Crippen LogP contribution in [0.15, 0.2) is 22.7 Å². The van der Waals surface area contributed by atoms with Crippen LogP contribution in [0.5, 0.6) is 0 Å². The second-order valence-corrected chi connectivity index (χ2v) is 5.96. The summed E-state index contributed by atoms with van der Waals surface area (Å²) in [5.41, 5.74) is 0.178. The normalized spacial score (nSPS) is 19.7. The molecule has 100 valence electrons. The van der Waals surface area contributed by atoms with Crippen molar-refractivity contribution < 1.29 is 14.2 Å². The van der Waals surface area contributed by atoms with Gasteiger partial charge in [0, 0.05) is 16.1 Å². The zero-order valence-electron chi connectivity index (χ0n) is 10.5. The van der Waals surface area contributed by atoms with E-state index in [2.05, 4.69) is 15.9 Å². The zero-order chi connectivity index (χ0) is 13.3. The summed E-state index contributed by atoms with van der Waals surface area (Å²) in [5, 5.41) is 9.64. The maximum Gasteiger partial charge on any atom is 0.128 e. The van der Waals surface area contributed by atoms with E-state index < -0.39 is 5.41 Å². The lowest BCUT2D eigenvalue weighted by molar-refractivity contribution is -0.172. The van der Waals surface area contributed by atoms with Gasteiger partial charge >= 0.3 is 0 Å². The molecule has 5 heteroatoms. The maximum atomic E-state index is 14.0. The Bertz CT molecular complexity index is 429. The Kier molecular flexibility index (Phi) is 4.06. The van der Waals surface area contributed by atoms with Gasteiger partial charge in [0.15, 0.2) is 0 Å². The fourth-order valence-corrected chi connectivity index (χ4v) is 2.96. The van der Waals surface area contributed by atoms with Gasteiger partial charge in [-0.15, -0.1) is 0 Å². The first kappa shape index (κ1) is 13.9. The third-order valence-electron chi connectivity index (χ3n) is 3.44. The average molecular weight is 318 g/mol. The van der Waals surface area contributed by atoms with Gasteiger partial charge in [-0.2, -0.15) is 0 Å². The van der Waals surface area contributed by atoms with E-state index in [0.29, 0.717) is 18.8 Å². The zero-order valence-corrected chi connectivity index (χ0v) is 12.1. The van der Waals surface area contributed by atoms with E-state index >= 15 is 0 Å². The number of halogens is 2. The lowest BCUT2D eigenvalue weighted by atomic mass is 9.75. The summed E-state index contributed by atoms with van der Waals surface area (Å²) in [5.74, 6) is -0.253. The molecule has 1 aromatic carbocycles. The number of benzene rings is 1. The quantitative estimate of drug-likeness (QED) is 0.924. The number of hydrogen-bond donors (Lipinski definition) is 1. The first-order chi connectivity index (χ1) is 8.50. The van der Waals surface area contributed by atoms with E-state index in [4.69, 9.17) is 4.74 Å². The van der Waals surface area contributed by atoms with E-state index in [0.717, 1.165) is 4.47 Å². The first-order valence-corrected chi connectivity index (χ1v) is 6.59. The van der Waals surface area contributed by atoms with Gasteiger partial charge in [-0.3, -0.25) is 0 Å². The van der Waals surface area contributed by atoms with Crippen LogP contribution in [0, 0.1) is 11.2 Å². The molecule has 1 atom stereocenters. The van der Waals surface area contributed by atoms with Gasteiger partial charge in [0.05, 0.1) is 25.2 Å². The Labute approximate surface area is 115 Å². The highest BCUT2D eigenvalue weighted by Crippen LogP contribution is 2.44. The molecule has 2 rings (SSSR count). The van der Waals surface area contributed by atoms with Crippen LogP contribution in [0.2, 0.25) is 0 Å². The molecule has 1 unspecified atom stereocenters. The molecule has 0 spiro atoms. The van der Waals surface area contributed by atoms with Crippen molar-refractivity contribution in [3.8, 4) is 0 Å². The summed E-state index contributed by atoms with van der Waals surface area (Å²) in [4.78, 5) is 1.93. The summed E-state index contributed by atoms with van der Waals surface area (Å²) >= 11 is 3.36. The first-order valence-electron chi connectivity index (χ1n) is 5.80. The Morgan fingerprint density at radius 2 is 2.17 bits per heavy atom. The van der Waals surface area contributed by atoms with Crippen LogP contribution in [-0.4, -0.2) is 43.9 Å². The topological polar surface area (TPSA) is 32.7 Å². The lowest BCUT2D eigenvalue weighted by Gasteiger charge is -2.48. The molecule has 1 aliphatic heterocycles. The fourth-order valence-electron chi connectivity index (χ4n) is 2.58. The third-order valence-corrected chi connectivity index (χ3v) is 3.94. The predicted molar refractivity (Wildman–Crippen MR) is 70.9 cm³/mol. The van der Waals surface area contributed by atoms with Crippen LogP contribution < -0.4 is 0 Å². The van der Waals surface area contributed by atoms with Crippen LogP contribution in [0.1, 0.15) is 11.6 Å². The summed E-state index contributed by atoms with van der Waals surface area (Å²) in [6.45, 7) is 0.901. The number of ether oxygens (including phenoxy) is 1. The van der Waals surface area contributed by atoms with Crippen LogP contribution >= 0.6 is 15.9 Å². The van der Waals surface area contributed by atoms with Crippen molar-refractivity contribution in [1.82, 2.24) is 4.90 Å². The molecule has 0 radical (unpaired) electrons. The Balaban J connectivity index is 2.44. The van der Waals surface area contributed by atoms with Crippen LogP contribution in [-0.2, 0) is 4.74 Å².